The number of hydrogen-bond donors (Lipinski definition) is 1. The lowest BCUT2D eigenvalue weighted by Crippen LogP contribution is -2.25. The van der Waals surface area contributed by atoms with Gasteiger partial charge in [-0.3, -0.25) is 4.98 Å². The summed E-state index contributed by atoms with van der Waals surface area (Å²) in [5, 5.41) is 11.8. The van der Waals surface area contributed by atoms with E-state index in [9.17, 15) is 5.11 Å². The standard InChI is InChI=1S/C17H21NO2/c1-10-11(2)20-12(3)16(10)17(19)14-7-6-13-5-4-8-18-15(13)9-14/h4-12,16-17,19H,1-3H3. The van der Waals surface area contributed by atoms with E-state index in [1.54, 1.807) is 6.20 Å². The molecule has 1 saturated heterocycles. The first kappa shape index (κ1) is 13.5. The SMILES string of the molecule is CC1OC(C)C(C(O)c2ccc3cccnc3c2)C1C. The Balaban J connectivity index is 1.94. The summed E-state index contributed by atoms with van der Waals surface area (Å²) in [6, 6.07) is 9.97. The zero-order valence-electron chi connectivity index (χ0n) is 12.2. The van der Waals surface area contributed by atoms with Gasteiger partial charge in [-0.05, 0) is 37.5 Å². The normalized spacial score (nSPS) is 31.6. The average Bonchev–Trinajstić information content (AvgIpc) is 2.71. The molecule has 0 amide bonds. The second kappa shape index (κ2) is 5.15. The zero-order valence-corrected chi connectivity index (χ0v) is 12.2. The Morgan fingerprint density at radius 3 is 2.65 bits per heavy atom. The van der Waals surface area contributed by atoms with Crippen LogP contribution in [0.4, 0.5) is 0 Å². The van der Waals surface area contributed by atoms with Crippen molar-refractivity contribution in [3.05, 3.63) is 42.1 Å². The Hall–Kier alpha value is -1.45. The van der Waals surface area contributed by atoms with E-state index in [-0.39, 0.29) is 18.1 Å². The van der Waals surface area contributed by atoms with E-state index in [0.29, 0.717) is 5.92 Å². The summed E-state index contributed by atoms with van der Waals surface area (Å²) < 4.78 is 5.84. The highest BCUT2D eigenvalue weighted by Crippen LogP contribution is 2.40. The van der Waals surface area contributed by atoms with E-state index in [4.69, 9.17) is 4.74 Å². The molecule has 106 valence electrons. The molecule has 1 aliphatic rings. The summed E-state index contributed by atoms with van der Waals surface area (Å²) in [5.41, 5.74) is 1.86. The number of nitrogens with zero attached hydrogens (tertiary/aromatic N) is 1. The van der Waals surface area contributed by atoms with Crippen LogP contribution < -0.4 is 0 Å². The molecule has 0 aliphatic carbocycles. The molecule has 0 spiro atoms. The summed E-state index contributed by atoms with van der Waals surface area (Å²) in [5.74, 6) is 0.477. The molecular formula is C17H21NO2. The van der Waals surface area contributed by atoms with Gasteiger partial charge in [0.15, 0.2) is 0 Å². The van der Waals surface area contributed by atoms with Crippen molar-refractivity contribution in [1.82, 2.24) is 4.98 Å². The number of fused-ring (bicyclic) bond motifs is 1. The molecular weight excluding hydrogens is 250 g/mol. The molecule has 5 unspecified atom stereocenters. The first-order chi connectivity index (χ1) is 9.58. The number of rotatable bonds is 2. The first-order valence-electron chi connectivity index (χ1n) is 7.26. The van der Waals surface area contributed by atoms with Gasteiger partial charge in [0.25, 0.3) is 0 Å². The number of hydrogen-bond acceptors (Lipinski definition) is 3. The fourth-order valence-corrected chi connectivity index (χ4v) is 3.33. The first-order valence-corrected chi connectivity index (χ1v) is 7.26. The zero-order chi connectivity index (χ0) is 14.3. The van der Waals surface area contributed by atoms with Gasteiger partial charge in [0.05, 0.1) is 23.8 Å². The summed E-state index contributed by atoms with van der Waals surface area (Å²) >= 11 is 0. The molecule has 1 aliphatic heterocycles. The van der Waals surface area contributed by atoms with Crippen LogP contribution in [0.3, 0.4) is 0 Å². The van der Waals surface area contributed by atoms with Gasteiger partial charge in [-0.2, -0.15) is 0 Å². The number of aromatic nitrogens is 1. The van der Waals surface area contributed by atoms with Crippen molar-refractivity contribution in [2.24, 2.45) is 11.8 Å². The lowest BCUT2D eigenvalue weighted by atomic mass is 9.82. The van der Waals surface area contributed by atoms with E-state index in [1.165, 1.54) is 0 Å². The van der Waals surface area contributed by atoms with Gasteiger partial charge in [0, 0.05) is 17.5 Å². The number of pyridine rings is 1. The smallest absolute Gasteiger partial charge is 0.0847 e. The summed E-state index contributed by atoms with van der Waals surface area (Å²) in [6.07, 6.45) is 1.55. The molecule has 5 atom stereocenters. The van der Waals surface area contributed by atoms with E-state index in [2.05, 4.69) is 18.8 Å². The van der Waals surface area contributed by atoms with Crippen molar-refractivity contribution >= 4 is 10.9 Å². The molecule has 3 heteroatoms. The molecule has 1 fully saturated rings. The van der Waals surface area contributed by atoms with Gasteiger partial charge in [-0.1, -0.05) is 25.1 Å². The van der Waals surface area contributed by atoms with Crippen molar-refractivity contribution < 1.29 is 9.84 Å². The third-order valence-electron chi connectivity index (χ3n) is 4.65. The Morgan fingerprint density at radius 2 is 1.95 bits per heavy atom. The lowest BCUT2D eigenvalue weighted by Gasteiger charge is -2.25. The molecule has 1 N–H and O–H groups in total. The van der Waals surface area contributed by atoms with E-state index in [1.807, 2.05) is 37.3 Å². The molecule has 0 bridgehead atoms. The van der Waals surface area contributed by atoms with Crippen molar-refractivity contribution in [3.8, 4) is 0 Å². The Morgan fingerprint density at radius 1 is 1.15 bits per heavy atom. The van der Waals surface area contributed by atoms with Gasteiger partial charge in [-0.25, -0.2) is 0 Å². The van der Waals surface area contributed by atoms with Crippen molar-refractivity contribution in [1.29, 1.82) is 0 Å². The van der Waals surface area contributed by atoms with Crippen molar-refractivity contribution in [2.75, 3.05) is 0 Å². The van der Waals surface area contributed by atoms with Crippen LogP contribution in [0.5, 0.6) is 0 Å². The van der Waals surface area contributed by atoms with Gasteiger partial charge in [-0.15, -0.1) is 0 Å². The molecule has 3 nitrogen and oxygen atoms in total. The number of aliphatic hydroxyl groups excluding tert-OH is 1. The van der Waals surface area contributed by atoms with E-state index < -0.39 is 6.10 Å². The summed E-state index contributed by atoms with van der Waals surface area (Å²) in [4.78, 5) is 4.36. The highest BCUT2D eigenvalue weighted by Gasteiger charge is 2.41. The van der Waals surface area contributed by atoms with Crippen molar-refractivity contribution in [2.45, 2.75) is 39.1 Å². The molecule has 0 radical (unpaired) electrons. The molecule has 2 aromatic rings. The van der Waals surface area contributed by atoms with Crippen LogP contribution in [-0.4, -0.2) is 22.3 Å². The fraction of sp³-hybridized carbons (Fsp3) is 0.471. The Kier molecular flexibility index (Phi) is 3.48. The van der Waals surface area contributed by atoms with E-state index >= 15 is 0 Å². The minimum atomic E-state index is -0.503. The molecule has 3 rings (SSSR count). The predicted octanol–water partition coefficient (Wildman–Crippen LogP) is 3.33. The Bertz CT molecular complexity index is 613. The monoisotopic (exact) mass is 271 g/mol. The summed E-state index contributed by atoms with van der Waals surface area (Å²) in [6.45, 7) is 6.28. The minimum Gasteiger partial charge on any atom is -0.388 e. The van der Waals surface area contributed by atoms with Crippen LogP contribution in [0.2, 0.25) is 0 Å². The Labute approximate surface area is 119 Å². The fourth-order valence-electron chi connectivity index (χ4n) is 3.33. The third kappa shape index (κ3) is 2.21. The minimum absolute atomic E-state index is 0.0782. The summed E-state index contributed by atoms with van der Waals surface area (Å²) in [7, 11) is 0. The maximum absolute atomic E-state index is 10.7. The van der Waals surface area contributed by atoms with E-state index in [0.717, 1.165) is 16.5 Å². The maximum Gasteiger partial charge on any atom is 0.0847 e. The quantitative estimate of drug-likeness (QED) is 0.911. The second-order valence-corrected chi connectivity index (χ2v) is 5.88. The van der Waals surface area contributed by atoms with Crippen molar-refractivity contribution in [3.63, 3.8) is 0 Å². The molecule has 1 aromatic heterocycles. The number of benzene rings is 1. The van der Waals surface area contributed by atoms with Crippen LogP contribution in [-0.2, 0) is 4.74 Å². The van der Waals surface area contributed by atoms with Crippen LogP contribution >= 0.6 is 0 Å². The molecule has 2 heterocycles. The van der Waals surface area contributed by atoms with Crippen LogP contribution in [0.1, 0.15) is 32.4 Å². The number of ether oxygens (including phenoxy) is 1. The predicted molar refractivity (Wildman–Crippen MR) is 79.4 cm³/mol. The number of aliphatic hydroxyl groups is 1. The maximum atomic E-state index is 10.7. The largest absolute Gasteiger partial charge is 0.388 e. The molecule has 0 saturated carbocycles. The second-order valence-electron chi connectivity index (χ2n) is 5.88. The van der Waals surface area contributed by atoms with Crippen LogP contribution in [0.25, 0.3) is 10.9 Å². The van der Waals surface area contributed by atoms with Gasteiger partial charge in [0.2, 0.25) is 0 Å². The highest BCUT2D eigenvalue weighted by molar-refractivity contribution is 5.78. The molecule has 1 aromatic carbocycles. The third-order valence-corrected chi connectivity index (χ3v) is 4.65. The average molecular weight is 271 g/mol. The van der Waals surface area contributed by atoms with Gasteiger partial charge < -0.3 is 9.84 Å². The van der Waals surface area contributed by atoms with Gasteiger partial charge >= 0.3 is 0 Å². The lowest BCUT2D eigenvalue weighted by molar-refractivity contribution is 0.0231. The topological polar surface area (TPSA) is 42.4 Å². The van der Waals surface area contributed by atoms with Crippen LogP contribution in [0, 0.1) is 11.8 Å². The van der Waals surface area contributed by atoms with Gasteiger partial charge in [0.1, 0.15) is 0 Å². The van der Waals surface area contributed by atoms with Crippen LogP contribution in [0.15, 0.2) is 36.5 Å². The molecule has 20 heavy (non-hydrogen) atoms. The highest BCUT2D eigenvalue weighted by atomic mass is 16.5.